The summed E-state index contributed by atoms with van der Waals surface area (Å²) < 4.78 is 71.0. The smallest absolute Gasteiger partial charge is 0.416 e. The van der Waals surface area contributed by atoms with Gasteiger partial charge in [0.05, 0.1) is 28.3 Å². The summed E-state index contributed by atoms with van der Waals surface area (Å²) in [5.41, 5.74) is -1.34. The molecule has 0 unspecified atom stereocenters. The number of rotatable bonds is 7. The third-order valence-electron chi connectivity index (χ3n) is 3.88. The highest BCUT2D eigenvalue weighted by atomic mass is 32.2. The topological polar surface area (TPSA) is 87.5 Å². The van der Waals surface area contributed by atoms with Gasteiger partial charge in [0, 0.05) is 0 Å². The summed E-state index contributed by atoms with van der Waals surface area (Å²) >= 11 is 0. The van der Waals surface area contributed by atoms with E-state index in [1.165, 1.54) is 37.3 Å². The first-order valence-electron chi connectivity index (χ1n) is 8.52. The van der Waals surface area contributed by atoms with Crippen molar-refractivity contribution in [3.63, 3.8) is 0 Å². The minimum Gasteiger partial charge on any atom is -0.444 e. The van der Waals surface area contributed by atoms with Gasteiger partial charge in [0.1, 0.15) is 6.07 Å². The number of nitriles is 1. The number of halogens is 3. The number of carbonyl (C=O) groups excluding carboxylic acids is 1. The van der Waals surface area contributed by atoms with Crippen LogP contribution in [0, 0.1) is 11.3 Å². The number of hydrogen-bond donors (Lipinski definition) is 0. The Morgan fingerprint density at radius 3 is 2.53 bits per heavy atom. The second-order valence-corrected chi connectivity index (χ2v) is 7.94. The molecule has 0 aliphatic heterocycles. The van der Waals surface area contributed by atoms with Crippen molar-refractivity contribution in [3.05, 3.63) is 72.3 Å². The monoisotopic (exact) mass is 438 g/mol. The Morgan fingerprint density at radius 2 is 1.93 bits per heavy atom. The average molecular weight is 438 g/mol. The highest BCUT2D eigenvalue weighted by molar-refractivity contribution is 7.92. The Hall–Kier alpha value is -3.32. The molecule has 0 aromatic heterocycles. The zero-order valence-corrected chi connectivity index (χ0v) is 16.6. The van der Waals surface area contributed by atoms with E-state index in [4.69, 9.17) is 10.00 Å². The van der Waals surface area contributed by atoms with Gasteiger partial charge < -0.3 is 4.74 Å². The van der Waals surface area contributed by atoms with Crippen LogP contribution in [0.5, 0.6) is 0 Å². The normalized spacial score (nSPS) is 12.5. The molecule has 0 heterocycles. The molecule has 0 spiro atoms. The van der Waals surface area contributed by atoms with Gasteiger partial charge in [-0.1, -0.05) is 18.2 Å². The van der Waals surface area contributed by atoms with E-state index < -0.39 is 33.8 Å². The average Bonchev–Trinajstić information content (AvgIpc) is 2.71. The van der Waals surface area contributed by atoms with E-state index in [1.54, 1.807) is 6.07 Å². The van der Waals surface area contributed by atoms with Crippen LogP contribution in [0.1, 0.15) is 22.8 Å². The van der Waals surface area contributed by atoms with Gasteiger partial charge in [-0.3, -0.25) is 4.31 Å². The molecular formula is C20H17F3N2O4S. The van der Waals surface area contributed by atoms with E-state index in [1.807, 2.05) is 0 Å². The first-order chi connectivity index (χ1) is 14.0. The Bertz CT molecular complexity index is 1090. The highest BCUT2D eigenvalue weighted by Gasteiger charge is 2.32. The van der Waals surface area contributed by atoms with Crippen LogP contribution in [-0.2, 0) is 20.9 Å². The van der Waals surface area contributed by atoms with Crippen LogP contribution in [-0.4, -0.2) is 27.0 Å². The highest BCUT2D eigenvalue weighted by Crippen LogP contribution is 2.33. The van der Waals surface area contributed by atoms with Crippen LogP contribution in [0.15, 0.2) is 66.1 Å². The van der Waals surface area contributed by atoms with E-state index in [0.717, 1.165) is 22.5 Å². The minimum atomic E-state index is -4.65. The summed E-state index contributed by atoms with van der Waals surface area (Å²) in [7, 11) is -4.35. The van der Waals surface area contributed by atoms with Gasteiger partial charge in [-0.2, -0.15) is 18.4 Å². The lowest BCUT2D eigenvalue weighted by Crippen LogP contribution is -2.31. The number of sulfonamides is 1. The number of alkyl halides is 3. The van der Waals surface area contributed by atoms with E-state index in [2.05, 4.69) is 6.58 Å². The SMILES string of the molecule is C=CCN(c1cccc(C(F)(F)F)c1)S(=O)(=O)c1cccc(C(=O)O[C@@H](C)C#N)c1. The van der Waals surface area contributed by atoms with Gasteiger partial charge in [0.25, 0.3) is 10.0 Å². The molecule has 0 fully saturated rings. The van der Waals surface area contributed by atoms with Crippen molar-refractivity contribution >= 4 is 21.7 Å². The maximum absolute atomic E-state index is 13.1. The first-order valence-corrected chi connectivity index (χ1v) is 9.96. The van der Waals surface area contributed by atoms with Crippen molar-refractivity contribution in [1.29, 1.82) is 5.26 Å². The second-order valence-electron chi connectivity index (χ2n) is 6.08. The van der Waals surface area contributed by atoms with Gasteiger partial charge >= 0.3 is 12.1 Å². The summed E-state index contributed by atoms with van der Waals surface area (Å²) in [6.45, 7) is 4.50. The number of benzene rings is 2. The number of hydrogen-bond acceptors (Lipinski definition) is 5. The molecule has 30 heavy (non-hydrogen) atoms. The summed E-state index contributed by atoms with van der Waals surface area (Å²) in [5.74, 6) is -0.907. The fourth-order valence-electron chi connectivity index (χ4n) is 2.46. The molecule has 0 saturated carbocycles. The quantitative estimate of drug-likeness (QED) is 0.479. The fourth-order valence-corrected chi connectivity index (χ4v) is 3.94. The van der Waals surface area contributed by atoms with E-state index in [-0.39, 0.29) is 22.7 Å². The predicted octanol–water partition coefficient (Wildman–Crippen LogP) is 4.16. The zero-order valence-electron chi connectivity index (χ0n) is 15.8. The lowest BCUT2D eigenvalue weighted by molar-refractivity contribution is -0.137. The largest absolute Gasteiger partial charge is 0.444 e. The Kier molecular flexibility index (Phi) is 6.89. The molecular weight excluding hydrogens is 421 g/mol. The standard InChI is InChI=1S/C20H17F3N2O4S/c1-3-10-25(17-8-5-7-16(12-17)20(21,22)23)30(27,28)18-9-4-6-15(11-18)19(26)29-14(2)13-24/h3-9,11-12,14H,1,10H2,2H3/t14-/m0/s1. The second kappa shape index (κ2) is 9.00. The maximum Gasteiger partial charge on any atom is 0.416 e. The maximum atomic E-state index is 13.1. The van der Waals surface area contributed by atoms with Crippen molar-refractivity contribution in [1.82, 2.24) is 0 Å². The molecule has 0 amide bonds. The molecule has 158 valence electrons. The van der Waals surface area contributed by atoms with Gasteiger partial charge in [0.2, 0.25) is 0 Å². The molecule has 2 rings (SSSR count). The third kappa shape index (κ3) is 5.18. The first kappa shape index (κ1) is 23.0. The van der Waals surface area contributed by atoms with Gasteiger partial charge in [-0.05, 0) is 43.3 Å². The van der Waals surface area contributed by atoms with Crippen LogP contribution < -0.4 is 4.31 Å². The fraction of sp³-hybridized carbons (Fsp3) is 0.200. The molecule has 0 aliphatic carbocycles. The minimum absolute atomic E-state index is 0.124. The van der Waals surface area contributed by atoms with Crippen molar-refractivity contribution in [2.75, 3.05) is 10.8 Å². The Morgan fingerprint density at radius 1 is 1.27 bits per heavy atom. The van der Waals surface area contributed by atoms with E-state index >= 15 is 0 Å². The van der Waals surface area contributed by atoms with E-state index in [9.17, 15) is 26.4 Å². The molecule has 2 aromatic carbocycles. The molecule has 0 saturated heterocycles. The van der Waals surface area contributed by atoms with Crippen molar-refractivity contribution in [2.45, 2.75) is 24.1 Å². The summed E-state index contributed by atoms with van der Waals surface area (Å²) in [5, 5.41) is 8.73. The van der Waals surface area contributed by atoms with Crippen LogP contribution in [0.25, 0.3) is 0 Å². The van der Waals surface area contributed by atoms with Crippen LogP contribution in [0.3, 0.4) is 0 Å². The van der Waals surface area contributed by atoms with Crippen LogP contribution in [0.2, 0.25) is 0 Å². The van der Waals surface area contributed by atoms with Crippen molar-refractivity contribution in [2.24, 2.45) is 0 Å². The predicted molar refractivity (Wildman–Crippen MR) is 103 cm³/mol. The number of anilines is 1. The number of nitrogens with zero attached hydrogens (tertiary/aromatic N) is 2. The molecule has 10 heteroatoms. The lowest BCUT2D eigenvalue weighted by Gasteiger charge is -2.24. The molecule has 0 bridgehead atoms. The third-order valence-corrected chi connectivity index (χ3v) is 5.67. The van der Waals surface area contributed by atoms with E-state index in [0.29, 0.717) is 6.07 Å². The number of esters is 1. The zero-order chi connectivity index (χ0) is 22.5. The van der Waals surface area contributed by atoms with Crippen molar-refractivity contribution in [3.8, 4) is 6.07 Å². The Labute approximate surface area is 171 Å². The summed E-state index contributed by atoms with van der Waals surface area (Å²) in [4.78, 5) is 11.8. The lowest BCUT2D eigenvalue weighted by atomic mass is 10.2. The Balaban J connectivity index is 2.49. The van der Waals surface area contributed by atoms with Gasteiger partial charge in [0.15, 0.2) is 6.10 Å². The van der Waals surface area contributed by atoms with Crippen LogP contribution >= 0.6 is 0 Å². The van der Waals surface area contributed by atoms with Crippen LogP contribution in [0.4, 0.5) is 18.9 Å². The van der Waals surface area contributed by atoms with Gasteiger partial charge in [-0.25, -0.2) is 13.2 Å². The van der Waals surface area contributed by atoms with Gasteiger partial charge in [-0.15, -0.1) is 6.58 Å². The number of ether oxygens (including phenoxy) is 1. The molecule has 0 radical (unpaired) electrons. The summed E-state index contributed by atoms with van der Waals surface area (Å²) in [6.07, 6.45) is -4.47. The number of carbonyl (C=O) groups is 1. The molecule has 0 aliphatic rings. The molecule has 6 nitrogen and oxygen atoms in total. The summed E-state index contributed by atoms with van der Waals surface area (Å²) in [6, 6.07) is 10.4. The van der Waals surface area contributed by atoms with Crippen molar-refractivity contribution < 1.29 is 31.1 Å². The molecule has 2 aromatic rings. The molecule has 0 N–H and O–H groups in total. The molecule has 1 atom stereocenters.